The second kappa shape index (κ2) is 3.12. The third-order valence-electron chi connectivity index (χ3n) is 3.55. The van der Waals surface area contributed by atoms with E-state index in [1.807, 2.05) is 4.90 Å². The van der Waals surface area contributed by atoms with Gasteiger partial charge < -0.3 is 15.5 Å². The highest BCUT2D eigenvalue weighted by atomic mass is 16.2. The van der Waals surface area contributed by atoms with Gasteiger partial charge in [-0.05, 0) is 31.7 Å². The first-order valence-electron chi connectivity index (χ1n) is 5.62. The number of amides is 2. The predicted molar refractivity (Wildman–Crippen MR) is 53.0 cm³/mol. The van der Waals surface area contributed by atoms with Crippen LogP contribution in [0, 0.1) is 5.92 Å². The summed E-state index contributed by atoms with van der Waals surface area (Å²) in [6.45, 7) is 2.99. The Morgan fingerprint density at radius 1 is 1.29 bits per heavy atom. The van der Waals surface area contributed by atoms with E-state index in [1.54, 1.807) is 0 Å². The van der Waals surface area contributed by atoms with E-state index >= 15 is 0 Å². The third-order valence-corrected chi connectivity index (χ3v) is 3.55. The number of urea groups is 1. The van der Waals surface area contributed by atoms with Crippen LogP contribution in [-0.4, -0.2) is 42.6 Å². The van der Waals surface area contributed by atoms with Crippen LogP contribution >= 0.6 is 0 Å². The van der Waals surface area contributed by atoms with Gasteiger partial charge in [0, 0.05) is 25.2 Å². The molecule has 0 aromatic rings. The van der Waals surface area contributed by atoms with Crippen molar-refractivity contribution >= 4 is 6.03 Å². The lowest BCUT2D eigenvalue weighted by molar-refractivity contribution is 0.205. The van der Waals surface area contributed by atoms with Crippen molar-refractivity contribution in [2.45, 2.75) is 31.3 Å². The predicted octanol–water partition coefficient (Wildman–Crippen LogP) is 0.152. The van der Waals surface area contributed by atoms with Crippen molar-refractivity contribution in [2.24, 2.45) is 5.92 Å². The Kier molecular flexibility index (Phi) is 1.90. The van der Waals surface area contributed by atoms with Gasteiger partial charge in [0.05, 0.1) is 0 Å². The van der Waals surface area contributed by atoms with Crippen molar-refractivity contribution < 1.29 is 4.79 Å². The van der Waals surface area contributed by atoms with Gasteiger partial charge in [-0.1, -0.05) is 0 Å². The molecule has 2 heterocycles. The molecule has 2 atom stereocenters. The van der Waals surface area contributed by atoms with Crippen LogP contribution in [0.25, 0.3) is 0 Å². The first-order chi connectivity index (χ1) is 6.83. The van der Waals surface area contributed by atoms with Crippen LogP contribution in [-0.2, 0) is 0 Å². The number of likely N-dealkylation sites (tertiary alicyclic amines) is 1. The van der Waals surface area contributed by atoms with Crippen molar-refractivity contribution in [1.29, 1.82) is 0 Å². The van der Waals surface area contributed by atoms with E-state index in [9.17, 15) is 4.79 Å². The number of rotatable bonds is 1. The normalized spacial score (nSPS) is 35.9. The maximum atomic E-state index is 11.7. The zero-order valence-corrected chi connectivity index (χ0v) is 8.33. The number of hydrogen-bond donors (Lipinski definition) is 2. The zero-order chi connectivity index (χ0) is 9.54. The molecule has 0 spiro atoms. The molecule has 1 aliphatic carbocycles. The summed E-state index contributed by atoms with van der Waals surface area (Å²) < 4.78 is 0. The second-order valence-corrected chi connectivity index (χ2v) is 4.74. The van der Waals surface area contributed by atoms with E-state index < -0.39 is 0 Å². The summed E-state index contributed by atoms with van der Waals surface area (Å²) >= 11 is 0. The first kappa shape index (κ1) is 8.53. The van der Waals surface area contributed by atoms with Crippen molar-refractivity contribution in [2.75, 3.05) is 19.6 Å². The highest BCUT2D eigenvalue weighted by Gasteiger charge is 2.38. The third kappa shape index (κ3) is 1.47. The smallest absolute Gasteiger partial charge is 0.317 e. The molecule has 2 aliphatic heterocycles. The molecule has 3 rings (SSSR count). The number of nitrogens with zero attached hydrogens (tertiary/aromatic N) is 1. The van der Waals surface area contributed by atoms with Gasteiger partial charge in [0.15, 0.2) is 0 Å². The fourth-order valence-corrected chi connectivity index (χ4v) is 2.51. The number of hydrogen-bond acceptors (Lipinski definition) is 2. The highest BCUT2D eigenvalue weighted by molar-refractivity contribution is 5.75. The Labute approximate surface area is 84.0 Å². The highest BCUT2D eigenvalue weighted by Crippen LogP contribution is 2.25. The van der Waals surface area contributed by atoms with E-state index in [0.717, 1.165) is 19.6 Å². The molecule has 0 unspecified atom stereocenters. The summed E-state index contributed by atoms with van der Waals surface area (Å²) in [6, 6.07) is 1.21. The summed E-state index contributed by atoms with van der Waals surface area (Å²) in [7, 11) is 0. The summed E-state index contributed by atoms with van der Waals surface area (Å²) in [5, 5.41) is 6.49. The minimum absolute atomic E-state index is 0.156. The molecule has 1 saturated carbocycles. The van der Waals surface area contributed by atoms with Crippen molar-refractivity contribution in [1.82, 2.24) is 15.5 Å². The Balaban J connectivity index is 1.56. The number of carbonyl (C=O) groups is 1. The van der Waals surface area contributed by atoms with Crippen molar-refractivity contribution in [3.63, 3.8) is 0 Å². The molecule has 0 aromatic carbocycles. The first-order valence-corrected chi connectivity index (χ1v) is 5.62. The van der Waals surface area contributed by atoms with Gasteiger partial charge >= 0.3 is 6.03 Å². The van der Waals surface area contributed by atoms with E-state index in [2.05, 4.69) is 10.6 Å². The van der Waals surface area contributed by atoms with Crippen molar-refractivity contribution in [3.05, 3.63) is 0 Å². The molecule has 2 saturated heterocycles. The largest absolute Gasteiger partial charge is 0.335 e. The Bertz CT molecular complexity index is 240. The molecular formula is C10H17N3O. The van der Waals surface area contributed by atoms with E-state index in [0.29, 0.717) is 18.0 Å². The average molecular weight is 195 g/mol. The zero-order valence-electron chi connectivity index (χ0n) is 8.33. The number of nitrogens with one attached hydrogen (secondary N) is 2. The van der Waals surface area contributed by atoms with E-state index in [1.165, 1.54) is 19.3 Å². The molecule has 0 aromatic heterocycles. The minimum Gasteiger partial charge on any atom is -0.335 e. The lowest BCUT2D eigenvalue weighted by Crippen LogP contribution is -2.41. The minimum atomic E-state index is 0.156. The summed E-state index contributed by atoms with van der Waals surface area (Å²) in [5.41, 5.74) is 0. The van der Waals surface area contributed by atoms with Crippen molar-refractivity contribution in [3.8, 4) is 0 Å². The van der Waals surface area contributed by atoms with Crippen LogP contribution in [0.15, 0.2) is 0 Å². The second-order valence-electron chi connectivity index (χ2n) is 4.74. The van der Waals surface area contributed by atoms with Gasteiger partial charge in [-0.15, -0.1) is 0 Å². The van der Waals surface area contributed by atoms with Gasteiger partial charge in [-0.25, -0.2) is 4.79 Å². The molecule has 4 heteroatoms. The van der Waals surface area contributed by atoms with Crippen LogP contribution in [0.5, 0.6) is 0 Å². The SMILES string of the molecule is O=C(NC1CC1)N1C[C@@H]2CCN[C@@H]2C1. The molecule has 4 nitrogen and oxygen atoms in total. The Morgan fingerprint density at radius 3 is 2.86 bits per heavy atom. The Morgan fingerprint density at radius 2 is 2.14 bits per heavy atom. The lowest BCUT2D eigenvalue weighted by atomic mass is 10.1. The van der Waals surface area contributed by atoms with Crippen LogP contribution in [0.3, 0.4) is 0 Å². The van der Waals surface area contributed by atoms with Crippen LogP contribution in [0.4, 0.5) is 4.79 Å². The molecule has 0 radical (unpaired) electrons. The summed E-state index contributed by atoms with van der Waals surface area (Å²) in [6.07, 6.45) is 3.58. The molecule has 2 N–H and O–H groups in total. The van der Waals surface area contributed by atoms with Crippen LogP contribution in [0.2, 0.25) is 0 Å². The standard InChI is InChI=1S/C10H17N3O/c14-10(12-8-1-2-8)13-5-7-3-4-11-9(7)6-13/h7-9,11H,1-6H2,(H,12,14)/t7-,9+/m0/s1. The molecule has 14 heavy (non-hydrogen) atoms. The molecule has 78 valence electrons. The summed E-state index contributed by atoms with van der Waals surface area (Å²) in [4.78, 5) is 13.7. The van der Waals surface area contributed by atoms with Gasteiger partial charge in [0.1, 0.15) is 0 Å². The fraction of sp³-hybridized carbons (Fsp3) is 0.900. The molecule has 3 aliphatic rings. The number of carbonyl (C=O) groups excluding carboxylic acids is 1. The quantitative estimate of drug-likeness (QED) is 0.625. The van der Waals surface area contributed by atoms with Gasteiger partial charge in [-0.3, -0.25) is 0 Å². The maximum Gasteiger partial charge on any atom is 0.317 e. The Hall–Kier alpha value is -0.770. The number of fused-ring (bicyclic) bond motifs is 1. The van der Waals surface area contributed by atoms with Crippen LogP contribution < -0.4 is 10.6 Å². The molecular weight excluding hydrogens is 178 g/mol. The molecule has 2 amide bonds. The molecule has 0 bridgehead atoms. The van der Waals surface area contributed by atoms with Gasteiger partial charge in [0.25, 0.3) is 0 Å². The average Bonchev–Trinajstić information content (AvgIpc) is 2.73. The van der Waals surface area contributed by atoms with Gasteiger partial charge in [0.2, 0.25) is 0 Å². The summed E-state index contributed by atoms with van der Waals surface area (Å²) in [5.74, 6) is 0.708. The van der Waals surface area contributed by atoms with Gasteiger partial charge in [-0.2, -0.15) is 0 Å². The lowest BCUT2D eigenvalue weighted by Gasteiger charge is -2.17. The molecule has 3 fully saturated rings. The monoisotopic (exact) mass is 195 g/mol. The van der Waals surface area contributed by atoms with E-state index in [4.69, 9.17) is 0 Å². The maximum absolute atomic E-state index is 11.7. The topological polar surface area (TPSA) is 44.4 Å². The van der Waals surface area contributed by atoms with E-state index in [-0.39, 0.29) is 6.03 Å². The fourth-order valence-electron chi connectivity index (χ4n) is 2.51. The van der Waals surface area contributed by atoms with Crippen LogP contribution in [0.1, 0.15) is 19.3 Å².